The second-order valence-corrected chi connectivity index (χ2v) is 7.56. The summed E-state index contributed by atoms with van der Waals surface area (Å²) < 4.78 is 5.43. The molecule has 0 atom stereocenters. The van der Waals surface area contributed by atoms with Gasteiger partial charge in [0.15, 0.2) is 5.82 Å². The van der Waals surface area contributed by atoms with Crippen molar-refractivity contribution in [3.05, 3.63) is 53.9 Å². The normalized spacial score (nSPS) is 14.0. The van der Waals surface area contributed by atoms with E-state index in [1.165, 1.54) is 0 Å². The molecular weight excluding hydrogens is 386 g/mol. The zero-order valence-electron chi connectivity index (χ0n) is 16.2. The van der Waals surface area contributed by atoms with E-state index < -0.39 is 0 Å². The van der Waals surface area contributed by atoms with Crippen LogP contribution >= 0.6 is 11.3 Å². The van der Waals surface area contributed by atoms with Crippen LogP contribution in [0.2, 0.25) is 0 Å². The standard InChI is InChI=1S/C21H23N5O2S/c1-2-28-17-7-5-16(6-8-17)22-21(27)26-13-11-25(12-14-26)20-10-9-18(23-24-20)19-4-3-15-29-19/h3-10,15H,2,11-14H2,1H3,(H,22,27). The number of aromatic nitrogens is 2. The van der Waals surface area contributed by atoms with Gasteiger partial charge in [-0.25, -0.2) is 4.79 Å². The zero-order chi connectivity index (χ0) is 20.1. The predicted molar refractivity (Wildman–Crippen MR) is 116 cm³/mol. The lowest BCUT2D eigenvalue weighted by Gasteiger charge is -2.35. The topological polar surface area (TPSA) is 70.6 Å². The third-order valence-corrected chi connectivity index (χ3v) is 5.62. The number of thiophene rings is 1. The Morgan fingerprint density at radius 2 is 1.86 bits per heavy atom. The summed E-state index contributed by atoms with van der Waals surface area (Å²) in [6, 6.07) is 15.4. The van der Waals surface area contributed by atoms with Crippen molar-refractivity contribution >= 4 is 28.9 Å². The quantitative estimate of drug-likeness (QED) is 0.691. The van der Waals surface area contributed by atoms with Crippen molar-refractivity contribution in [2.45, 2.75) is 6.92 Å². The van der Waals surface area contributed by atoms with Crippen LogP contribution in [0.3, 0.4) is 0 Å². The number of benzene rings is 1. The van der Waals surface area contributed by atoms with Crippen LogP contribution in [-0.2, 0) is 0 Å². The van der Waals surface area contributed by atoms with Crippen molar-refractivity contribution in [3.63, 3.8) is 0 Å². The molecule has 7 nitrogen and oxygen atoms in total. The summed E-state index contributed by atoms with van der Waals surface area (Å²) in [6.45, 7) is 5.29. The lowest BCUT2D eigenvalue weighted by molar-refractivity contribution is 0.208. The number of nitrogens with zero attached hydrogens (tertiary/aromatic N) is 4. The maximum atomic E-state index is 12.5. The largest absolute Gasteiger partial charge is 0.494 e. The highest BCUT2D eigenvalue weighted by atomic mass is 32.1. The molecule has 2 amide bonds. The third kappa shape index (κ3) is 4.65. The molecule has 8 heteroatoms. The predicted octanol–water partition coefficient (Wildman–Crippen LogP) is 3.96. The van der Waals surface area contributed by atoms with Gasteiger partial charge in [-0.2, -0.15) is 0 Å². The molecule has 0 bridgehead atoms. The molecule has 1 fully saturated rings. The van der Waals surface area contributed by atoms with Gasteiger partial charge in [-0.05, 0) is 54.8 Å². The molecule has 0 radical (unpaired) electrons. The molecule has 1 N–H and O–H groups in total. The average molecular weight is 410 g/mol. The first-order valence-electron chi connectivity index (χ1n) is 9.64. The molecule has 1 aromatic carbocycles. The molecule has 0 aliphatic carbocycles. The Hall–Kier alpha value is -3.13. The van der Waals surface area contributed by atoms with Crippen molar-refractivity contribution in [1.82, 2.24) is 15.1 Å². The lowest BCUT2D eigenvalue weighted by Crippen LogP contribution is -2.50. The first-order chi connectivity index (χ1) is 14.2. The van der Waals surface area contributed by atoms with Crippen LogP contribution in [0.15, 0.2) is 53.9 Å². The summed E-state index contributed by atoms with van der Waals surface area (Å²) in [5, 5.41) is 13.7. The van der Waals surface area contributed by atoms with Gasteiger partial charge in [0.05, 0.1) is 11.5 Å². The fraction of sp³-hybridized carbons (Fsp3) is 0.286. The highest BCUT2D eigenvalue weighted by Crippen LogP contribution is 2.23. The number of carbonyl (C=O) groups is 1. The summed E-state index contributed by atoms with van der Waals surface area (Å²) in [5.41, 5.74) is 1.65. The van der Waals surface area contributed by atoms with Gasteiger partial charge in [0.25, 0.3) is 0 Å². The van der Waals surface area contributed by atoms with Gasteiger partial charge in [-0.15, -0.1) is 21.5 Å². The van der Waals surface area contributed by atoms with E-state index in [9.17, 15) is 4.79 Å². The number of nitrogens with one attached hydrogen (secondary N) is 1. The number of anilines is 2. The molecule has 3 aromatic rings. The van der Waals surface area contributed by atoms with Crippen molar-refractivity contribution in [2.75, 3.05) is 43.0 Å². The Kier molecular flexibility index (Phi) is 5.90. The number of hydrogen-bond donors (Lipinski definition) is 1. The van der Waals surface area contributed by atoms with Crippen LogP contribution in [0.4, 0.5) is 16.3 Å². The summed E-state index contributed by atoms with van der Waals surface area (Å²) in [5.74, 6) is 1.64. The minimum Gasteiger partial charge on any atom is -0.494 e. The molecule has 29 heavy (non-hydrogen) atoms. The molecule has 2 aromatic heterocycles. The second kappa shape index (κ2) is 8.91. The Labute approximate surface area is 173 Å². The fourth-order valence-corrected chi connectivity index (χ4v) is 3.88. The van der Waals surface area contributed by atoms with Crippen molar-refractivity contribution < 1.29 is 9.53 Å². The van der Waals surface area contributed by atoms with Gasteiger partial charge in [0.2, 0.25) is 0 Å². The molecule has 4 rings (SSSR count). The second-order valence-electron chi connectivity index (χ2n) is 6.62. The maximum absolute atomic E-state index is 12.5. The SMILES string of the molecule is CCOc1ccc(NC(=O)N2CCN(c3ccc(-c4cccs4)nn3)CC2)cc1. The summed E-state index contributed by atoms with van der Waals surface area (Å²) in [4.78, 5) is 17.6. The Balaban J connectivity index is 1.30. The molecule has 1 saturated heterocycles. The van der Waals surface area contributed by atoms with Crippen LogP contribution in [0.1, 0.15) is 6.92 Å². The molecule has 3 heterocycles. The summed E-state index contributed by atoms with van der Waals surface area (Å²) in [7, 11) is 0. The van der Waals surface area contributed by atoms with E-state index in [-0.39, 0.29) is 6.03 Å². The van der Waals surface area contributed by atoms with E-state index in [0.29, 0.717) is 19.7 Å². The highest BCUT2D eigenvalue weighted by molar-refractivity contribution is 7.13. The van der Waals surface area contributed by atoms with E-state index in [0.717, 1.165) is 40.9 Å². The van der Waals surface area contributed by atoms with Gasteiger partial charge in [-0.1, -0.05) is 6.07 Å². The van der Waals surface area contributed by atoms with Gasteiger partial charge >= 0.3 is 6.03 Å². The molecule has 0 unspecified atom stereocenters. The molecule has 1 aliphatic heterocycles. The van der Waals surface area contributed by atoms with Crippen LogP contribution in [0.5, 0.6) is 5.75 Å². The maximum Gasteiger partial charge on any atom is 0.321 e. The van der Waals surface area contributed by atoms with Crippen molar-refractivity contribution in [3.8, 4) is 16.3 Å². The van der Waals surface area contributed by atoms with E-state index in [1.54, 1.807) is 11.3 Å². The first-order valence-corrected chi connectivity index (χ1v) is 10.5. The monoisotopic (exact) mass is 409 g/mol. The summed E-state index contributed by atoms with van der Waals surface area (Å²) in [6.07, 6.45) is 0. The number of rotatable bonds is 5. The van der Waals surface area contributed by atoms with Crippen LogP contribution in [0, 0.1) is 0 Å². The molecular formula is C21H23N5O2S. The molecule has 1 aliphatic rings. The van der Waals surface area contributed by atoms with E-state index >= 15 is 0 Å². The van der Waals surface area contributed by atoms with Gasteiger partial charge in [0, 0.05) is 31.9 Å². The zero-order valence-corrected chi connectivity index (χ0v) is 17.1. The Morgan fingerprint density at radius 1 is 1.07 bits per heavy atom. The fourth-order valence-electron chi connectivity index (χ4n) is 3.19. The number of piperazine rings is 1. The van der Waals surface area contributed by atoms with E-state index in [2.05, 4.69) is 20.4 Å². The van der Waals surface area contributed by atoms with E-state index in [1.807, 2.05) is 65.7 Å². The van der Waals surface area contributed by atoms with Crippen molar-refractivity contribution in [1.29, 1.82) is 0 Å². The number of ether oxygens (including phenoxy) is 1. The van der Waals surface area contributed by atoms with E-state index in [4.69, 9.17) is 4.74 Å². The Bertz CT molecular complexity index is 921. The smallest absolute Gasteiger partial charge is 0.321 e. The van der Waals surface area contributed by atoms with Crippen LogP contribution < -0.4 is 15.0 Å². The van der Waals surface area contributed by atoms with Crippen LogP contribution in [-0.4, -0.2) is 53.9 Å². The lowest BCUT2D eigenvalue weighted by atomic mass is 10.3. The molecule has 0 spiro atoms. The van der Waals surface area contributed by atoms with Gasteiger partial charge in [-0.3, -0.25) is 0 Å². The van der Waals surface area contributed by atoms with Gasteiger partial charge in [0.1, 0.15) is 11.4 Å². The molecule has 0 saturated carbocycles. The van der Waals surface area contributed by atoms with Crippen molar-refractivity contribution in [2.24, 2.45) is 0 Å². The third-order valence-electron chi connectivity index (χ3n) is 4.73. The van der Waals surface area contributed by atoms with Gasteiger partial charge < -0.3 is 19.9 Å². The first kappa shape index (κ1) is 19.2. The number of amides is 2. The average Bonchev–Trinajstić information content (AvgIpc) is 3.31. The minimum absolute atomic E-state index is 0.0899. The number of carbonyl (C=O) groups excluding carboxylic acids is 1. The summed E-state index contributed by atoms with van der Waals surface area (Å²) >= 11 is 1.65. The minimum atomic E-state index is -0.0899. The number of urea groups is 1. The van der Waals surface area contributed by atoms with Crippen LogP contribution in [0.25, 0.3) is 10.6 Å². The number of hydrogen-bond acceptors (Lipinski definition) is 6. The highest BCUT2D eigenvalue weighted by Gasteiger charge is 2.22. The Morgan fingerprint density at radius 3 is 2.48 bits per heavy atom. The molecule has 150 valence electrons.